The van der Waals surface area contributed by atoms with Crippen molar-refractivity contribution in [1.82, 2.24) is 14.6 Å². The molecule has 0 bridgehead atoms. The molecule has 7 nitrogen and oxygen atoms in total. The molecule has 11 heteroatoms. The summed E-state index contributed by atoms with van der Waals surface area (Å²) in [5.74, 6) is 5.20. The number of carbonyl (C=O) groups is 1. The first kappa shape index (κ1) is 24.0. The molecular weight excluding hydrogens is 481 g/mol. The van der Waals surface area contributed by atoms with E-state index in [0.29, 0.717) is 29.0 Å². The zero-order valence-electron chi connectivity index (χ0n) is 18.4. The molecule has 0 radical (unpaired) electrons. The van der Waals surface area contributed by atoms with Gasteiger partial charge in [-0.2, -0.15) is 18.3 Å². The van der Waals surface area contributed by atoms with Gasteiger partial charge in [-0.1, -0.05) is 12.0 Å². The molecule has 0 saturated heterocycles. The van der Waals surface area contributed by atoms with E-state index in [9.17, 15) is 26.4 Å². The standard InChI is InChI=1S/C24H17F3N4O3S/c1-15-5-6-17(10-16(15)7-8-20-14-28-22-4-3-9-29-31(20)22)23(32)30-19-11-18(24(25,26)27)12-21(13-19)35(2,33)34/h3-6,9-14H,1-2H3,(H,30,32). The van der Waals surface area contributed by atoms with Gasteiger partial charge in [0.1, 0.15) is 5.69 Å². The van der Waals surface area contributed by atoms with Gasteiger partial charge >= 0.3 is 6.18 Å². The average molecular weight is 498 g/mol. The first-order valence-corrected chi connectivity index (χ1v) is 12.0. The molecule has 35 heavy (non-hydrogen) atoms. The molecule has 0 aliphatic heterocycles. The summed E-state index contributed by atoms with van der Waals surface area (Å²) in [4.78, 5) is 16.4. The van der Waals surface area contributed by atoms with Crippen LogP contribution in [-0.4, -0.2) is 35.2 Å². The Hall–Kier alpha value is -4.17. The van der Waals surface area contributed by atoms with Crippen molar-refractivity contribution in [1.29, 1.82) is 0 Å². The van der Waals surface area contributed by atoms with Crippen molar-refractivity contribution in [3.63, 3.8) is 0 Å². The van der Waals surface area contributed by atoms with E-state index >= 15 is 0 Å². The number of aromatic nitrogens is 3. The lowest BCUT2D eigenvalue weighted by atomic mass is 10.0. The Morgan fingerprint density at radius 1 is 1.09 bits per heavy atom. The van der Waals surface area contributed by atoms with E-state index in [2.05, 4.69) is 27.2 Å². The van der Waals surface area contributed by atoms with E-state index in [-0.39, 0.29) is 11.3 Å². The molecular formula is C24H17F3N4O3S. The number of carbonyl (C=O) groups excluding carboxylic acids is 1. The highest BCUT2D eigenvalue weighted by Crippen LogP contribution is 2.33. The van der Waals surface area contributed by atoms with Gasteiger partial charge in [-0.3, -0.25) is 4.79 Å². The molecule has 2 heterocycles. The molecule has 0 atom stereocenters. The van der Waals surface area contributed by atoms with Crippen molar-refractivity contribution in [2.75, 3.05) is 11.6 Å². The summed E-state index contributed by atoms with van der Waals surface area (Å²) in [5, 5.41) is 6.53. The number of nitrogens with zero attached hydrogens (tertiary/aromatic N) is 3. The molecule has 0 unspecified atom stereocenters. The molecule has 1 amide bonds. The molecule has 0 fully saturated rings. The molecule has 178 valence electrons. The summed E-state index contributed by atoms with van der Waals surface area (Å²) in [7, 11) is -3.95. The second kappa shape index (κ2) is 8.88. The Morgan fingerprint density at radius 3 is 2.57 bits per heavy atom. The minimum Gasteiger partial charge on any atom is -0.322 e. The fourth-order valence-corrected chi connectivity index (χ4v) is 3.88. The van der Waals surface area contributed by atoms with Gasteiger partial charge in [-0.15, -0.1) is 0 Å². The molecule has 2 aromatic heterocycles. The van der Waals surface area contributed by atoms with Crippen LogP contribution in [-0.2, 0) is 16.0 Å². The summed E-state index contributed by atoms with van der Waals surface area (Å²) in [5.41, 5.74) is 1.10. The summed E-state index contributed by atoms with van der Waals surface area (Å²) < 4.78 is 65.0. The monoisotopic (exact) mass is 498 g/mol. The van der Waals surface area contributed by atoms with Crippen molar-refractivity contribution in [3.05, 3.63) is 88.9 Å². The predicted molar refractivity (Wildman–Crippen MR) is 123 cm³/mol. The van der Waals surface area contributed by atoms with Crippen LogP contribution in [0.25, 0.3) is 5.65 Å². The normalized spacial score (nSPS) is 11.7. The largest absolute Gasteiger partial charge is 0.416 e. The predicted octanol–water partition coefficient (Wildman–Crippen LogP) is 4.11. The van der Waals surface area contributed by atoms with E-state index in [0.717, 1.165) is 17.9 Å². The van der Waals surface area contributed by atoms with Crippen LogP contribution < -0.4 is 5.32 Å². The van der Waals surface area contributed by atoms with Crippen molar-refractivity contribution in [2.45, 2.75) is 18.0 Å². The summed E-state index contributed by atoms with van der Waals surface area (Å²) in [6.07, 6.45) is -0.842. The number of nitrogens with one attached hydrogen (secondary N) is 1. The van der Waals surface area contributed by atoms with Gasteiger partial charge in [0.05, 0.1) is 16.7 Å². The molecule has 4 aromatic rings. The fourth-order valence-electron chi connectivity index (χ4n) is 3.20. The maximum atomic E-state index is 13.3. The summed E-state index contributed by atoms with van der Waals surface area (Å²) in [6, 6.07) is 10.4. The van der Waals surface area contributed by atoms with Crippen LogP contribution in [0.1, 0.15) is 32.7 Å². The minimum atomic E-state index is -4.79. The van der Waals surface area contributed by atoms with E-state index in [1.54, 1.807) is 42.0 Å². The second-order valence-corrected chi connectivity index (χ2v) is 9.70. The van der Waals surface area contributed by atoms with Crippen LogP contribution >= 0.6 is 0 Å². The number of fused-ring (bicyclic) bond motifs is 1. The Balaban J connectivity index is 1.65. The number of imidazole rings is 1. The number of hydrogen-bond donors (Lipinski definition) is 1. The highest BCUT2D eigenvalue weighted by Gasteiger charge is 2.32. The third-order valence-corrected chi connectivity index (χ3v) is 6.11. The number of aryl methyl sites for hydroxylation is 1. The zero-order valence-corrected chi connectivity index (χ0v) is 19.2. The van der Waals surface area contributed by atoms with Gasteiger partial charge in [0, 0.05) is 29.3 Å². The van der Waals surface area contributed by atoms with E-state index in [4.69, 9.17) is 0 Å². The number of hydrogen-bond acceptors (Lipinski definition) is 5. The molecule has 0 saturated carbocycles. The molecule has 4 rings (SSSR count). The molecule has 0 aliphatic carbocycles. The highest BCUT2D eigenvalue weighted by molar-refractivity contribution is 7.90. The number of benzene rings is 2. The van der Waals surface area contributed by atoms with Gasteiger partial charge in [0.15, 0.2) is 15.5 Å². The molecule has 1 N–H and O–H groups in total. The zero-order chi connectivity index (χ0) is 25.4. The van der Waals surface area contributed by atoms with Crippen molar-refractivity contribution in [2.24, 2.45) is 0 Å². The maximum Gasteiger partial charge on any atom is 0.416 e. The van der Waals surface area contributed by atoms with Crippen LogP contribution in [0.15, 0.2) is 65.8 Å². The van der Waals surface area contributed by atoms with Gasteiger partial charge < -0.3 is 5.32 Å². The van der Waals surface area contributed by atoms with Gasteiger partial charge in [-0.25, -0.2) is 17.9 Å². The number of rotatable bonds is 3. The van der Waals surface area contributed by atoms with Crippen LogP contribution in [0.5, 0.6) is 0 Å². The SMILES string of the molecule is Cc1ccc(C(=O)Nc2cc(C(F)(F)F)cc(S(C)(=O)=O)c2)cc1C#Cc1cnc2cccnn12. The van der Waals surface area contributed by atoms with Crippen LogP contribution in [0.2, 0.25) is 0 Å². The minimum absolute atomic E-state index is 0.134. The van der Waals surface area contributed by atoms with E-state index in [1.165, 1.54) is 12.1 Å². The van der Waals surface area contributed by atoms with Gasteiger partial charge in [0.25, 0.3) is 5.91 Å². The highest BCUT2D eigenvalue weighted by atomic mass is 32.2. The molecule has 0 spiro atoms. The molecule has 2 aromatic carbocycles. The Kier molecular flexibility index (Phi) is 6.08. The van der Waals surface area contributed by atoms with E-state index < -0.39 is 32.4 Å². The second-order valence-electron chi connectivity index (χ2n) is 7.69. The Bertz CT molecular complexity index is 1630. The van der Waals surface area contributed by atoms with Crippen LogP contribution in [0, 0.1) is 18.8 Å². The average Bonchev–Trinajstić information content (AvgIpc) is 3.20. The Morgan fingerprint density at radius 2 is 1.86 bits per heavy atom. The van der Waals surface area contributed by atoms with Crippen LogP contribution in [0.4, 0.5) is 18.9 Å². The summed E-state index contributed by atoms with van der Waals surface area (Å²) in [6.45, 7) is 1.80. The number of sulfone groups is 1. The number of halogens is 3. The third-order valence-electron chi connectivity index (χ3n) is 5.02. The third kappa shape index (κ3) is 5.33. The smallest absolute Gasteiger partial charge is 0.322 e. The number of alkyl halides is 3. The maximum absolute atomic E-state index is 13.3. The van der Waals surface area contributed by atoms with E-state index in [1.807, 2.05) is 0 Å². The summed E-state index contributed by atoms with van der Waals surface area (Å²) >= 11 is 0. The first-order valence-electron chi connectivity index (χ1n) is 10.1. The van der Waals surface area contributed by atoms with Crippen LogP contribution in [0.3, 0.4) is 0 Å². The topological polar surface area (TPSA) is 93.4 Å². The number of anilines is 1. The lowest BCUT2D eigenvalue weighted by Gasteiger charge is -2.13. The quantitative estimate of drug-likeness (QED) is 0.429. The van der Waals surface area contributed by atoms with Crippen molar-refractivity contribution >= 4 is 27.1 Å². The lowest BCUT2D eigenvalue weighted by molar-refractivity contribution is -0.137. The lowest BCUT2D eigenvalue weighted by Crippen LogP contribution is -2.15. The van der Waals surface area contributed by atoms with Gasteiger partial charge in [-0.05, 0) is 60.9 Å². The van der Waals surface area contributed by atoms with Crippen molar-refractivity contribution in [3.8, 4) is 11.8 Å². The molecule has 0 aliphatic rings. The first-order chi connectivity index (χ1) is 16.4. The number of amides is 1. The van der Waals surface area contributed by atoms with Crippen molar-refractivity contribution < 1.29 is 26.4 Å². The Labute approximate surface area is 198 Å². The fraction of sp³-hybridized carbons (Fsp3) is 0.125. The van der Waals surface area contributed by atoms with Gasteiger partial charge in [0.2, 0.25) is 0 Å².